The van der Waals surface area contributed by atoms with Gasteiger partial charge < -0.3 is 9.88 Å². The number of hydrogen-bond acceptors (Lipinski definition) is 3. The molecule has 1 heterocycles. The molecule has 0 saturated heterocycles. The lowest BCUT2D eigenvalue weighted by Gasteiger charge is -2.05. The van der Waals surface area contributed by atoms with E-state index in [4.69, 9.17) is 0 Å². The van der Waals surface area contributed by atoms with Gasteiger partial charge in [0, 0.05) is 51.9 Å². The van der Waals surface area contributed by atoms with Crippen LogP contribution in [0.4, 0.5) is 5.69 Å². The summed E-state index contributed by atoms with van der Waals surface area (Å²) >= 11 is 3.47. The Morgan fingerprint density at radius 1 is 1.00 bits per heavy atom. The van der Waals surface area contributed by atoms with Crippen molar-refractivity contribution in [2.75, 3.05) is 5.32 Å². The number of rotatable bonds is 6. The molecule has 2 amide bonds. The molecule has 0 aliphatic heterocycles. The third-order valence-electron chi connectivity index (χ3n) is 4.92. The topological polar surface area (TPSA) is 75.5 Å². The highest BCUT2D eigenvalue weighted by atomic mass is 79.9. The SMILES string of the molecule is CC(=O)Nc1ccc(C(=O)N/N=C\c2cn(Cc3ccc(Br)cc3)c3ccccc23)cc1. The predicted octanol–water partition coefficient (Wildman–Crippen LogP) is 5.17. The van der Waals surface area contributed by atoms with Gasteiger partial charge in [0.05, 0.1) is 6.21 Å². The first-order chi connectivity index (χ1) is 15.5. The van der Waals surface area contributed by atoms with Crippen LogP contribution < -0.4 is 10.7 Å². The lowest BCUT2D eigenvalue weighted by Crippen LogP contribution is -2.17. The quantitative estimate of drug-likeness (QED) is 0.290. The van der Waals surface area contributed by atoms with Crippen LogP contribution in [-0.2, 0) is 11.3 Å². The highest BCUT2D eigenvalue weighted by molar-refractivity contribution is 9.10. The van der Waals surface area contributed by atoms with E-state index in [1.165, 1.54) is 12.5 Å². The molecule has 1 aromatic heterocycles. The number of carbonyl (C=O) groups is 2. The molecule has 0 radical (unpaired) electrons. The van der Waals surface area contributed by atoms with Crippen LogP contribution in [0.5, 0.6) is 0 Å². The van der Waals surface area contributed by atoms with E-state index in [0.29, 0.717) is 11.3 Å². The van der Waals surface area contributed by atoms with E-state index in [9.17, 15) is 9.59 Å². The first kappa shape index (κ1) is 21.5. The van der Waals surface area contributed by atoms with Crippen molar-refractivity contribution in [3.8, 4) is 0 Å². The van der Waals surface area contributed by atoms with Gasteiger partial charge in [-0.2, -0.15) is 5.10 Å². The van der Waals surface area contributed by atoms with Crippen LogP contribution in [0.3, 0.4) is 0 Å². The highest BCUT2D eigenvalue weighted by Gasteiger charge is 2.08. The maximum Gasteiger partial charge on any atom is 0.271 e. The number of amides is 2. The fourth-order valence-electron chi connectivity index (χ4n) is 3.43. The molecule has 0 spiro atoms. The van der Waals surface area contributed by atoms with Crippen molar-refractivity contribution in [3.63, 3.8) is 0 Å². The van der Waals surface area contributed by atoms with Crippen molar-refractivity contribution in [2.24, 2.45) is 5.10 Å². The first-order valence-electron chi connectivity index (χ1n) is 10.0. The van der Waals surface area contributed by atoms with Gasteiger partial charge in [-0.05, 0) is 48.0 Å². The van der Waals surface area contributed by atoms with Gasteiger partial charge in [0.2, 0.25) is 5.91 Å². The van der Waals surface area contributed by atoms with Gasteiger partial charge in [0.25, 0.3) is 5.91 Å². The van der Waals surface area contributed by atoms with Gasteiger partial charge in [-0.1, -0.05) is 46.3 Å². The maximum atomic E-state index is 12.4. The average molecular weight is 489 g/mol. The molecule has 4 rings (SSSR count). The van der Waals surface area contributed by atoms with Crippen molar-refractivity contribution in [2.45, 2.75) is 13.5 Å². The minimum atomic E-state index is -0.325. The summed E-state index contributed by atoms with van der Waals surface area (Å²) in [5, 5.41) is 7.88. The normalized spacial score (nSPS) is 11.1. The molecule has 0 bridgehead atoms. The Balaban J connectivity index is 1.49. The van der Waals surface area contributed by atoms with Crippen LogP contribution >= 0.6 is 15.9 Å². The number of nitrogens with one attached hydrogen (secondary N) is 2. The van der Waals surface area contributed by atoms with Crippen molar-refractivity contribution in [1.82, 2.24) is 9.99 Å². The van der Waals surface area contributed by atoms with Crippen LogP contribution in [0.2, 0.25) is 0 Å². The molecule has 0 unspecified atom stereocenters. The monoisotopic (exact) mass is 488 g/mol. The number of hydrogen-bond donors (Lipinski definition) is 2. The molecule has 3 aromatic carbocycles. The predicted molar refractivity (Wildman–Crippen MR) is 131 cm³/mol. The standard InChI is InChI=1S/C25H21BrN4O2/c1-17(31)28-22-12-8-19(9-13-22)25(32)29-27-14-20-16-30(24-5-3-2-4-23(20)24)15-18-6-10-21(26)11-7-18/h2-14,16H,15H2,1H3,(H,28,31)(H,29,32)/b27-14-. The number of para-hydroxylation sites is 1. The van der Waals surface area contributed by atoms with E-state index in [1.54, 1.807) is 30.5 Å². The Labute approximate surface area is 194 Å². The Hall–Kier alpha value is -3.71. The van der Waals surface area contributed by atoms with Crippen molar-refractivity contribution >= 4 is 50.5 Å². The number of anilines is 1. The summed E-state index contributed by atoms with van der Waals surface area (Å²) in [4.78, 5) is 23.5. The minimum Gasteiger partial charge on any atom is -0.342 e. The Morgan fingerprint density at radius 2 is 1.72 bits per heavy atom. The molecular formula is C25H21BrN4O2. The zero-order valence-corrected chi connectivity index (χ0v) is 19.0. The third-order valence-corrected chi connectivity index (χ3v) is 5.45. The van der Waals surface area contributed by atoms with E-state index in [-0.39, 0.29) is 11.8 Å². The summed E-state index contributed by atoms with van der Waals surface area (Å²) in [7, 11) is 0. The number of nitrogens with zero attached hydrogens (tertiary/aromatic N) is 2. The zero-order valence-electron chi connectivity index (χ0n) is 17.4. The van der Waals surface area contributed by atoms with Crippen molar-refractivity contribution in [1.29, 1.82) is 0 Å². The lowest BCUT2D eigenvalue weighted by molar-refractivity contribution is -0.114. The third kappa shape index (κ3) is 5.12. The second-order valence-corrected chi connectivity index (χ2v) is 8.23. The Bertz CT molecular complexity index is 1290. The summed E-state index contributed by atoms with van der Waals surface area (Å²) in [6.45, 7) is 2.17. The summed E-state index contributed by atoms with van der Waals surface area (Å²) < 4.78 is 3.22. The summed E-state index contributed by atoms with van der Waals surface area (Å²) in [6.07, 6.45) is 3.69. The molecule has 32 heavy (non-hydrogen) atoms. The summed E-state index contributed by atoms with van der Waals surface area (Å²) in [6, 6.07) is 23.0. The average Bonchev–Trinajstić information content (AvgIpc) is 3.13. The van der Waals surface area contributed by atoms with Gasteiger partial charge in [0.1, 0.15) is 0 Å². The molecule has 0 saturated carbocycles. The second kappa shape index (κ2) is 9.62. The molecule has 4 aromatic rings. The smallest absolute Gasteiger partial charge is 0.271 e. The van der Waals surface area contributed by atoms with E-state index < -0.39 is 0 Å². The number of halogens is 1. The van der Waals surface area contributed by atoms with Crippen molar-refractivity contribution < 1.29 is 9.59 Å². The number of fused-ring (bicyclic) bond motifs is 1. The minimum absolute atomic E-state index is 0.161. The second-order valence-electron chi connectivity index (χ2n) is 7.31. The van der Waals surface area contributed by atoms with Gasteiger partial charge in [0.15, 0.2) is 0 Å². The summed E-state index contributed by atoms with van der Waals surface area (Å²) in [5.74, 6) is -0.486. The van der Waals surface area contributed by atoms with Crippen LogP contribution in [0.15, 0.2) is 88.6 Å². The fraction of sp³-hybridized carbons (Fsp3) is 0.0800. The van der Waals surface area contributed by atoms with Crippen LogP contribution in [0, 0.1) is 0 Å². The van der Waals surface area contributed by atoms with Crippen LogP contribution in [0.1, 0.15) is 28.4 Å². The Morgan fingerprint density at radius 3 is 2.44 bits per heavy atom. The van der Waals surface area contributed by atoms with Crippen molar-refractivity contribution in [3.05, 3.63) is 100 Å². The van der Waals surface area contributed by atoms with E-state index in [2.05, 4.69) is 54.5 Å². The molecule has 0 atom stereocenters. The van der Waals surface area contributed by atoms with Gasteiger partial charge in [-0.25, -0.2) is 5.43 Å². The van der Waals surface area contributed by atoms with Gasteiger partial charge in [-0.3, -0.25) is 9.59 Å². The number of benzene rings is 3. The molecule has 0 fully saturated rings. The molecule has 160 valence electrons. The number of aromatic nitrogens is 1. The van der Waals surface area contributed by atoms with Crippen LogP contribution in [0.25, 0.3) is 10.9 Å². The van der Waals surface area contributed by atoms with E-state index >= 15 is 0 Å². The van der Waals surface area contributed by atoms with Crippen LogP contribution in [-0.4, -0.2) is 22.6 Å². The Kier molecular flexibility index (Phi) is 6.47. The van der Waals surface area contributed by atoms with E-state index in [0.717, 1.165) is 27.5 Å². The summed E-state index contributed by atoms with van der Waals surface area (Å²) in [5.41, 5.74) is 6.85. The highest BCUT2D eigenvalue weighted by Crippen LogP contribution is 2.22. The van der Waals surface area contributed by atoms with E-state index in [1.807, 2.05) is 36.5 Å². The molecule has 0 aliphatic carbocycles. The molecule has 0 aliphatic rings. The zero-order chi connectivity index (χ0) is 22.5. The number of hydrazone groups is 1. The fourth-order valence-corrected chi connectivity index (χ4v) is 3.69. The molecule has 7 heteroatoms. The molecule has 2 N–H and O–H groups in total. The lowest BCUT2D eigenvalue weighted by atomic mass is 10.2. The van der Waals surface area contributed by atoms with Gasteiger partial charge in [-0.15, -0.1) is 0 Å². The molecule has 6 nitrogen and oxygen atoms in total. The first-order valence-corrected chi connectivity index (χ1v) is 10.8. The van der Waals surface area contributed by atoms with Gasteiger partial charge >= 0.3 is 0 Å². The number of carbonyl (C=O) groups excluding carboxylic acids is 2. The maximum absolute atomic E-state index is 12.4. The molecular weight excluding hydrogens is 468 g/mol. The largest absolute Gasteiger partial charge is 0.342 e.